The van der Waals surface area contributed by atoms with Crippen molar-refractivity contribution in [1.82, 2.24) is 20.4 Å². The number of carbonyl (C=O) groups is 2. The van der Waals surface area contributed by atoms with Gasteiger partial charge in [-0.1, -0.05) is 11.2 Å². The second-order valence-electron chi connectivity index (χ2n) is 7.98. The Bertz CT molecular complexity index is 1090. The highest BCUT2D eigenvalue weighted by Gasteiger charge is 2.25. The number of hydrogen-bond acceptors (Lipinski definition) is 5. The number of amides is 2. The summed E-state index contributed by atoms with van der Waals surface area (Å²) in [5.74, 6) is 0.725. The Kier molecular flexibility index (Phi) is 5.53. The van der Waals surface area contributed by atoms with E-state index in [0.29, 0.717) is 31.5 Å². The zero-order chi connectivity index (χ0) is 21.3. The van der Waals surface area contributed by atoms with Crippen molar-refractivity contribution in [2.75, 3.05) is 6.54 Å². The second kappa shape index (κ2) is 8.26. The van der Waals surface area contributed by atoms with Crippen LogP contribution in [0.4, 0.5) is 0 Å². The van der Waals surface area contributed by atoms with Crippen LogP contribution in [0.2, 0.25) is 0 Å². The molecule has 1 aromatic carbocycles. The third kappa shape index (κ3) is 4.20. The molecule has 1 atom stereocenters. The van der Waals surface area contributed by atoms with Crippen LogP contribution in [0.3, 0.4) is 0 Å². The van der Waals surface area contributed by atoms with E-state index in [9.17, 15) is 9.59 Å². The Hall–Kier alpha value is -3.22. The minimum atomic E-state index is -0.117. The summed E-state index contributed by atoms with van der Waals surface area (Å²) in [7, 11) is 0. The molecule has 7 nitrogen and oxygen atoms in total. The first kappa shape index (κ1) is 20.1. The molecule has 1 N–H and O–H groups in total. The zero-order valence-corrected chi connectivity index (χ0v) is 17.6. The summed E-state index contributed by atoms with van der Waals surface area (Å²) in [5, 5.41) is 8.01. The minimum Gasteiger partial charge on any atom is -0.361 e. The quantitative estimate of drug-likeness (QED) is 0.717. The standard InChI is InChI=1S/C23H26N4O3/c1-14-4-5-17-12-18(6-8-21(17)24-14)23(29)25-19-7-9-22(28)27(11-10-19)13-20-15(2)26-30-16(20)3/h4-6,8,12,19H,7,9-11,13H2,1-3H3,(H,25,29). The van der Waals surface area contributed by atoms with E-state index in [1.54, 1.807) is 6.07 Å². The molecule has 1 fully saturated rings. The van der Waals surface area contributed by atoms with Gasteiger partial charge >= 0.3 is 0 Å². The highest BCUT2D eigenvalue weighted by molar-refractivity contribution is 5.98. The van der Waals surface area contributed by atoms with Crippen LogP contribution in [-0.4, -0.2) is 39.4 Å². The van der Waals surface area contributed by atoms with Crippen LogP contribution < -0.4 is 5.32 Å². The Morgan fingerprint density at radius 1 is 1.20 bits per heavy atom. The van der Waals surface area contributed by atoms with Crippen LogP contribution in [0.15, 0.2) is 34.9 Å². The van der Waals surface area contributed by atoms with Gasteiger partial charge in [-0.2, -0.15) is 0 Å². The van der Waals surface area contributed by atoms with E-state index in [0.717, 1.165) is 40.0 Å². The van der Waals surface area contributed by atoms with Crippen LogP contribution in [-0.2, 0) is 11.3 Å². The molecule has 0 radical (unpaired) electrons. The first-order chi connectivity index (χ1) is 14.4. The molecule has 7 heteroatoms. The number of rotatable bonds is 4. The van der Waals surface area contributed by atoms with Crippen molar-refractivity contribution >= 4 is 22.7 Å². The van der Waals surface area contributed by atoms with Crippen LogP contribution >= 0.6 is 0 Å². The number of fused-ring (bicyclic) bond motifs is 1. The molecule has 2 aromatic heterocycles. The number of benzene rings is 1. The number of nitrogens with zero attached hydrogens (tertiary/aromatic N) is 3. The molecule has 0 spiro atoms. The topological polar surface area (TPSA) is 88.3 Å². The summed E-state index contributed by atoms with van der Waals surface area (Å²) in [6.45, 7) is 6.79. The van der Waals surface area contributed by atoms with E-state index in [4.69, 9.17) is 4.52 Å². The zero-order valence-electron chi connectivity index (χ0n) is 17.6. The summed E-state index contributed by atoms with van der Waals surface area (Å²) in [4.78, 5) is 31.7. The number of carbonyl (C=O) groups excluding carboxylic acids is 2. The number of aryl methyl sites for hydroxylation is 3. The van der Waals surface area contributed by atoms with Gasteiger partial charge in [-0.05, 0) is 57.9 Å². The summed E-state index contributed by atoms with van der Waals surface area (Å²) in [6, 6.07) is 9.42. The third-order valence-corrected chi connectivity index (χ3v) is 5.76. The molecule has 30 heavy (non-hydrogen) atoms. The maximum Gasteiger partial charge on any atom is 0.251 e. The second-order valence-corrected chi connectivity index (χ2v) is 7.98. The predicted molar refractivity (Wildman–Crippen MR) is 113 cm³/mol. The lowest BCUT2D eigenvalue weighted by atomic mass is 10.1. The molecule has 3 aromatic rings. The fourth-order valence-electron chi connectivity index (χ4n) is 3.90. The predicted octanol–water partition coefficient (Wildman–Crippen LogP) is 3.46. The Morgan fingerprint density at radius 3 is 2.80 bits per heavy atom. The van der Waals surface area contributed by atoms with Gasteiger partial charge in [-0.3, -0.25) is 14.6 Å². The van der Waals surface area contributed by atoms with E-state index in [1.807, 2.05) is 49.9 Å². The van der Waals surface area contributed by atoms with Crippen molar-refractivity contribution in [2.24, 2.45) is 0 Å². The fourth-order valence-corrected chi connectivity index (χ4v) is 3.90. The average Bonchev–Trinajstić information content (AvgIpc) is 2.94. The molecule has 1 saturated heterocycles. The summed E-state index contributed by atoms with van der Waals surface area (Å²) >= 11 is 0. The van der Waals surface area contributed by atoms with Crippen LogP contribution in [0.1, 0.15) is 52.3 Å². The molecular formula is C23H26N4O3. The number of likely N-dealkylation sites (tertiary alicyclic amines) is 1. The monoisotopic (exact) mass is 406 g/mol. The molecule has 2 amide bonds. The van der Waals surface area contributed by atoms with Gasteiger partial charge in [0.2, 0.25) is 5.91 Å². The first-order valence-electron chi connectivity index (χ1n) is 10.3. The number of hydrogen-bond donors (Lipinski definition) is 1. The van der Waals surface area contributed by atoms with Gasteiger partial charge in [0, 0.05) is 41.2 Å². The van der Waals surface area contributed by atoms with Crippen molar-refractivity contribution in [3.05, 3.63) is 58.6 Å². The van der Waals surface area contributed by atoms with Crippen LogP contribution in [0, 0.1) is 20.8 Å². The van der Waals surface area contributed by atoms with Gasteiger partial charge in [0.1, 0.15) is 5.76 Å². The molecule has 0 aliphatic carbocycles. The number of aromatic nitrogens is 2. The molecular weight excluding hydrogens is 380 g/mol. The maximum atomic E-state index is 12.8. The third-order valence-electron chi connectivity index (χ3n) is 5.76. The lowest BCUT2D eigenvalue weighted by Crippen LogP contribution is -2.36. The smallest absolute Gasteiger partial charge is 0.251 e. The summed E-state index contributed by atoms with van der Waals surface area (Å²) < 4.78 is 5.21. The highest BCUT2D eigenvalue weighted by atomic mass is 16.5. The van der Waals surface area contributed by atoms with Gasteiger partial charge in [0.05, 0.1) is 17.8 Å². The Labute approximate surface area is 175 Å². The van der Waals surface area contributed by atoms with E-state index >= 15 is 0 Å². The minimum absolute atomic E-state index is 0.0389. The first-order valence-corrected chi connectivity index (χ1v) is 10.3. The van der Waals surface area contributed by atoms with Crippen molar-refractivity contribution in [1.29, 1.82) is 0 Å². The number of pyridine rings is 1. The Morgan fingerprint density at radius 2 is 2.03 bits per heavy atom. The van der Waals surface area contributed by atoms with E-state index < -0.39 is 0 Å². The van der Waals surface area contributed by atoms with Crippen molar-refractivity contribution in [2.45, 2.75) is 52.6 Å². The lowest BCUT2D eigenvalue weighted by Gasteiger charge is -2.21. The summed E-state index contributed by atoms with van der Waals surface area (Å²) in [5.41, 5.74) is 4.21. The van der Waals surface area contributed by atoms with Gasteiger partial charge in [0.15, 0.2) is 0 Å². The van der Waals surface area contributed by atoms with E-state index in [1.165, 1.54) is 0 Å². The molecule has 1 aliphatic heterocycles. The van der Waals surface area contributed by atoms with Gasteiger partial charge in [0.25, 0.3) is 5.91 Å². The molecule has 0 saturated carbocycles. The molecule has 1 unspecified atom stereocenters. The van der Waals surface area contributed by atoms with Gasteiger partial charge < -0.3 is 14.7 Å². The summed E-state index contributed by atoms with van der Waals surface area (Å²) in [6.07, 6.45) is 1.77. The van der Waals surface area contributed by atoms with Gasteiger partial charge in [-0.25, -0.2) is 0 Å². The molecule has 0 bridgehead atoms. The average molecular weight is 406 g/mol. The van der Waals surface area contributed by atoms with Crippen molar-refractivity contribution in [3.8, 4) is 0 Å². The normalized spacial score (nSPS) is 17.2. The SMILES string of the molecule is Cc1ccc2cc(C(=O)NC3CCC(=O)N(Cc4c(C)noc4C)CC3)ccc2n1. The van der Waals surface area contributed by atoms with E-state index in [-0.39, 0.29) is 17.9 Å². The van der Waals surface area contributed by atoms with E-state index in [2.05, 4.69) is 15.5 Å². The van der Waals surface area contributed by atoms with Crippen molar-refractivity contribution in [3.63, 3.8) is 0 Å². The highest BCUT2D eigenvalue weighted by Crippen LogP contribution is 2.20. The number of nitrogens with one attached hydrogen (secondary N) is 1. The lowest BCUT2D eigenvalue weighted by molar-refractivity contribution is -0.131. The van der Waals surface area contributed by atoms with Gasteiger partial charge in [-0.15, -0.1) is 0 Å². The molecule has 4 rings (SSSR count). The Balaban J connectivity index is 1.41. The fraction of sp³-hybridized carbons (Fsp3) is 0.391. The molecule has 3 heterocycles. The maximum absolute atomic E-state index is 12.8. The van der Waals surface area contributed by atoms with Crippen LogP contribution in [0.25, 0.3) is 10.9 Å². The largest absolute Gasteiger partial charge is 0.361 e. The van der Waals surface area contributed by atoms with Crippen LogP contribution in [0.5, 0.6) is 0 Å². The van der Waals surface area contributed by atoms with Crippen molar-refractivity contribution < 1.29 is 14.1 Å². The molecule has 156 valence electrons. The molecule has 1 aliphatic rings.